The van der Waals surface area contributed by atoms with Crippen LogP contribution >= 0.6 is 0 Å². The molecule has 1 aromatic carbocycles. The third kappa shape index (κ3) is 2.78. The van der Waals surface area contributed by atoms with Gasteiger partial charge in [0.25, 0.3) is 0 Å². The predicted octanol–water partition coefficient (Wildman–Crippen LogP) is 3.12. The quantitative estimate of drug-likeness (QED) is 0.830. The minimum Gasteiger partial charge on any atom is -0.336 e. The highest BCUT2D eigenvalue weighted by molar-refractivity contribution is 5.82. The van der Waals surface area contributed by atoms with Gasteiger partial charge in [0, 0.05) is 12.5 Å². The first-order chi connectivity index (χ1) is 9.08. The summed E-state index contributed by atoms with van der Waals surface area (Å²) < 4.78 is 0. The van der Waals surface area contributed by atoms with E-state index in [1.807, 2.05) is 36.1 Å². The highest BCUT2D eigenvalue weighted by atomic mass is 16.2. The van der Waals surface area contributed by atoms with Crippen LogP contribution < -0.4 is 0 Å². The number of nitrogens with zero attached hydrogens (tertiary/aromatic N) is 2. The Morgan fingerprint density at radius 1 is 1.47 bits per heavy atom. The second kappa shape index (κ2) is 5.44. The van der Waals surface area contributed by atoms with Crippen LogP contribution in [0.25, 0.3) is 0 Å². The summed E-state index contributed by atoms with van der Waals surface area (Å²) in [4.78, 5) is 14.3. The summed E-state index contributed by atoms with van der Waals surface area (Å²) in [7, 11) is 0. The molecule has 0 aliphatic heterocycles. The first-order valence-corrected chi connectivity index (χ1v) is 6.89. The summed E-state index contributed by atoms with van der Waals surface area (Å²) in [6, 6.07) is 9.68. The zero-order valence-corrected chi connectivity index (χ0v) is 11.8. The maximum atomic E-state index is 12.4. The normalized spacial score (nSPS) is 22.4. The van der Waals surface area contributed by atoms with Gasteiger partial charge in [0.1, 0.15) is 0 Å². The van der Waals surface area contributed by atoms with Crippen molar-refractivity contribution >= 4 is 5.91 Å². The van der Waals surface area contributed by atoms with Crippen LogP contribution in [0, 0.1) is 23.2 Å². The monoisotopic (exact) mass is 256 g/mol. The smallest absolute Gasteiger partial charge is 0.226 e. The number of benzene rings is 1. The number of carbonyl (C=O) groups is 1. The molecule has 1 aromatic rings. The molecule has 0 bridgehead atoms. The molecule has 1 fully saturated rings. The molecule has 0 saturated heterocycles. The molecule has 2 rings (SSSR count). The Morgan fingerprint density at radius 2 is 2.05 bits per heavy atom. The maximum Gasteiger partial charge on any atom is 0.226 e. The second-order valence-corrected chi connectivity index (χ2v) is 5.35. The molecule has 1 saturated carbocycles. The van der Waals surface area contributed by atoms with Crippen molar-refractivity contribution in [2.45, 2.75) is 33.2 Å². The highest BCUT2D eigenvalue weighted by Gasteiger charge is 2.42. The average molecular weight is 256 g/mol. The summed E-state index contributed by atoms with van der Waals surface area (Å²) in [5.74, 6) is 1.03. The third-order valence-electron chi connectivity index (χ3n) is 4.04. The molecule has 0 N–H and O–H groups in total. The molecule has 1 amide bonds. The van der Waals surface area contributed by atoms with Crippen LogP contribution in [0.5, 0.6) is 0 Å². The molecule has 1 aliphatic carbocycles. The standard InChI is InChI=1S/C16H20N2O/c1-4-18(16(19)15-9-11(15)2)12(3)14-7-5-13(10-17)6-8-14/h5-8,11-12,15H,4,9H2,1-3H3/t11-,12+,15-/m1/s1. The topological polar surface area (TPSA) is 44.1 Å². The van der Waals surface area contributed by atoms with E-state index in [2.05, 4.69) is 19.9 Å². The number of carbonyl (C=O) groups excluding carboxylic acids is 1. The molecular formula is C16H20N2O. The molecule has 100 valence electrons. The van der Waals surface area contributed by atoms with E-state index in [-0.39, 0.29) is 17.9 Å². The van der Waals surface area contributed by atoms with Gasteiger partial charge in [0.05, 0.1) is 17.7 Å². The zero-order chi connectivity index (χ0) is 14.0. The van der Waals surface area contributed by atoms with Gasteiger partial charge < -0.3 is 4.90 Å². The summed E-state index contributed by atoms with van der Waals surface area (Å²) in [6.07, 6.45) is 1.02. The molecule has 0 heterocycles. The van der Waals surface area contributed by atoms with E-state index in [1.165, 1.54) is 0 Å². The van der Waals surface area contributed by atoms with Crippen molar-refractivity contribution in [3.8, 4) is 6.07 Å². The Kier molecular flexibility index (Phi) is 3.90. The fourth-order valence-electron chi connectivity index (χ4n) is 2.52. The van der Waals surface area contributed by atoms with Crippen molar-refractivity contribution < 1.29 is 4.79 Å². The lowest BCUT2D eigenvalue weighted by molar-refractivity contribution is -0.134. The van der Waals surface area contributed by atoms with Gasteiger partial charge in [-0.15, -0.1) is 0 Å². The molecule has 3 heteroatoms. The molecular weight excluding hydrogens is 236 g/mol. The van der Waals surface area contributed by atoms with Gasteiger partial charge in [-0.3, -0.25) is 4.79 Å². The fraction of sp³-hybridized carbons (Fsp3) is 0.500. The highest BCUT2D eigenvalue weighted by Crippen LogP contribution is 2.40. The lowest BCUT2D eigenvalue weighted by Gasteiger charge is -2.28. The van der Waals surface area contributed by atoms with E-state index in [0.29, 0.717) is 11.5 Å². The summed E-state index contributed by atoms with van der Waals surface area (Å²) in [5, 5.41) is 8.81. The molecule has 0 radical (unpaired) electrons. The Labute approximate surface area is 114 Å². The van der Waals surface area contributed by atoms with Crippen molar-refractivity contribution in [2.75, 3.05) is 6.54 Å². The van der Waals surface area contributed by atoms with Crippen molar-refractivity contribution in [3.05, 3.63) is 35.4 Å². The summed E-state index contributed by atoms with van der Waals surface area (Å²) in [5.41, 5.74) is 1.74. The van der Waals surface area contributed by atoms with E-state index in [4.69, 9.17) is 5.26 Å². The van der Waals surface area contributed by atoms with Crippen LogP contribution in [0.1, 0.15) is 44.4 Å². The van der Waals surface area contributed by atoms with Crippen molar-refractivity contribution in [2.24, 2.45) is 11.8 Å². The number of rotatable bonds is 4. The minimum absolute atomic E-state index is 0.0676. The summed E-state index contributed by atoms with van der Waals surface area (Å²) >= 11 is 0. The van der Waals surface area contributed by atoms with Gasteiger partial charge >= 0.3 is 0 Å². The predicted molar refractivity (Wildman–Crippen MR) is 74.2 cm³/mol. The van der Waals surface area contributed by atoms with Crippen LogP contribution in [0.2, 0.25) is 0 Å². The Hall–Kier alpha value is -1.82. The largest absolute Gasteiger partial charge is 0.336 e. The van der Waals surface area contributed by atoms with E-state index >= 15 is 0 Å². The number of amides is 1. The fourth-order valence-corrected chi connectivity index (χ4v) is 2.52. The van der Waals surface area contributed by atoms with Crippen LogP contribution in [-0.2, 0) is 4.79 Å². The average Bonchev–Trinajstić information content (AvgIpc) is 3.16. The van der Waals surface area contributed by atoms with Crippen molar-refractivity contribution in [1.82, 2.24) is 4.90 Å². The van der Waals surface area contributed by atoms with E-state index in [9.17, 15) is 4.79 Å². The van der Waals surface area contributed by atoms with Gasteiger partial charge in [-0.05, 0) is 43.9 Å². The molecule has 0 aromatic heterocycles. The molecule has 1 aliphatic rings. The Morgan fingerprint density at radius 3 is 2.47 bits per heavy atom. The van der Waals surface area contributed by atoms with Crippen molar-refractivity contribution in [1.29, 1.82) is 5.26 Å². The lowest BCUT2D eigenvalue weighted by Crippen LogP contribution is -2.34. The lowest BCUT2D eigenvalue weighted by atomic mass is 10.0. The van der Waals surface area contributed by atoms with Gasteiger partial charge in [0.15, 0.2) is 0 Å². The molecule has 19 heavy (non-hydrogen) atoms. The van der Waals surface area contributed by atoms with Crippen molar-refractivity contribution in [3.63, 3.8) is 0 Å². The third-order valence-corrected chi connectivity index (χ3v) is 4.04. The SMILES string of the molecule is CCN(C(=O)[C@@H]1C[C@H]1C)[C@@H](C)c1ccc(C#N)cc1. The summed E-state index contributed by atoms with van der Waals surface area (Å²) in [6.45, 7) is 6.92. The number of hydrogen-bond donors (Lipinski definition) is 0. The van der Waals surface area contributed by atoms with Gasteiger partial charge in [-0.25, -0.2) is 0 Å². The van der Waals surface area contributed by atoms with Crippen LogP contribution in [-0.4, -0.2) is 17.4 Å². The molecule has 0 unspecified atom stereocenters. The van der Waals surface area contributed by atoms with E-state index < -0.39 is 0 Å². The van der Waals surface area contributed by atoms with Crippen LogP contribution in [0.4, 0.5) is 0 Å². The van der Waals surface area contributed by atoms with Gasteiger partial charge in [0.2, 0.25) is 5.91 Å². The van der Waals surface area contributed by atoms with Gasteiger partial charge in [-0.2, -0.15) is 5.26 Å². The molecule has 3 atom stereocenters. The first-order valence-electron chi connectivity index (χ1n) is 6.89. The Bertz CT molecular complexity index is 500. The first kappa shape index (κ1) is 13.6. The van der Waals surface area contributed by atoms with Gasteiger partial charge in [-0.1, -0.05) is 19.1 Å². The second-order valence-electron chi connectivity index (χ2n) is 5.35. The van der Waals surface area contributed by atoms with E-state index in [1.54, 1.807) is 0 Å². The van der Waals surface area contributed by atoms with Crippen LogP contribution in [0.15, 0.2) is 24.3 Å². The Balaban J connectivity index is 2.13. The number of hydrogen-bond acceptors (Lipinski definition) is 2. The molecule has 0 spiro atoms. The molecule has 3 nitrogen and oxygen atoms in total. The minimum atomic E-state index is 0.0676. The maximum absolute atomic E-state index is 12.4. The zero-order valence-electron chi connectivity index (χ0n) is 11.8. The van der Waals surface area contributed by atoms with Crippen LogP contribution in [0.3, 0.4) is 0 Å². The number of nitriles is 1. The van der Waals surface area contributed by atoms with E-state index in [0.717, 1.165) is 18.5 Å².